The third-order valence-corrected chi connectivity index (χ3v) is 10.5. The van der Waals surface area contributed by atoms with Crippen molar-refractivity contribution in [3.63, 3.8) is 0 Å². The Morgan fingerprint density at radius 2 is 1.77 bits per heavy atom. The lowest BCUT2D eigenvalue weighted by Crippen LogP contribution is -2.67. The summed E-state index contributed by atoms with van der Waals surface area (Å²) in [5.41, 5.74) is 0.984. The molecule has 0 saturated carbocycles. The minimum atomic E-state index is -3.53. The summed E-state index contributed by atoms with van der Waals surface area (Å²) in [4.78, 5) is 0. The van der Waals surface area contributed by atoms with E-state index in [1.807, 2.05) is 26.0 Å². The molecule has 2 aromatic carbocycles. The van der Waals surface area contributed by atoms with Gasteiger partial charge in [-0.3, -0.25) is 5.41 Å². The van der Waals surface area contributed by atoms with Gasteiger partial charge in [-0.1, -0.05) is 12.0 Å². The molecule has 2 aliphatic rings. The van der Waals surface area contributed by atoms with E-state index in [-0.39, 0.29) is 11.6 Å². The average Bonchev–Trinajstić information content (AvgIpc) is 3.10. The number of fused-ring (bicyclic) bond motifs is 3. The van der Waals surface area contributed by atoms with Crippen molar-refractivity contribution in [2.45, 2.75) is 37.0 Å². The third-order valence-electron chi connectivity index (χ3n) is 6.61. The van der Waals surface area contributed by atoms with Crippen LogP contribution in [0.4, 0.5) is 0 Å². The zero-order chi connectivity index (χ0) is 21.9. The summed E-state index contributed by atoms with van der Waals surface area (Å²) in [6.45, 7) is 4.45. The van der Waals surface area contributed by atoms with Crippen LogP contribution < -0.4 is 5.32 Å². The topological polar surface area (TPSA) is 79.2 Å². The predicted molar refractivity (Wildman–Crippen MR) is 127 cm³/mol. The number of hydrogen-bond acceptors (Lipinski definition) is 5. The van der Waals surface area contributed by atoms with E-state index < -0.39 is 20.1 Å². The second-order valence-electron chi connectivity index (χ2n) is 8.60. The molecular formula is C24H24N2O3S2. The second kappa shape index (κ2) is 7.06. The van der Waals surface area contributed by atoms with Crippen LogP contribution in [-0.2, 0) is 20.1 Å². The quantitative estimate of drug-likeness (QED) is 0.543. The van der Waals surface area contributed by atoms with Crippen LogP contribution in [0.1, 0.15) is 37.8 Å². The number of benzene rings is 2. The molecule has 160 valence electrons. The lowest BCUT2D eigenvalue weighted by molar-refractivity contribution is 0.0862. The van der Waals surface area contributed by atoms with Gasteiger partial charge < -0.3 is 10.1 Å². The Balaban J connectivity index is 1.61. The van der Waals surface area contributed by atoms with Crippen molar-refractivity contribution in [3.05, 3.63) is 47.5 Å². The second-order valence-corrected chi connectivity index (χ2v) is 12.0. The number of rotatable bonds is 1. The summed E-state index contributed by atoms with van der Waals surface area (Å²) < 4.78 is 33.5. The first-order valence-corrected chi connectivity index (χ1v) is 12.8. The molecule has 0 aliphatic carbocycles. The van der Waals surface area contributed by atoms with Gasteiger partial charge in [0.1, 0.15) is 10.6 Å². The molecule has 1 spiro atoms. The van der Waals surface area contributed by atoms with E-state index in [1.165, 1.54) is 4.70 Å². The first kappa shape index (κ1) is 20.5. The third kappa shape index (κ3) is 3.08. The summed E-state index contributed by atoms with van der Waals surface area (Å²) in [6, 6.07) is 12.3. The molecule has 0 amide bonds. The SMILES string of the molecule is CC#Cc1ccc2sc3ccc([C@]4(C)CS(=O)(=O)C5(CCOCC5)C(=N)N4)cc3c2c1. The highest BCUT2D eigenvalue weighted by atomic mass is 32.2. The molecule has 2 fully saturated rings. The fraction of sp³-hybridized carbons (Fsp3) is 0.375. The van der Waals surface area contributed by atoms with Crippen LogP contribution in [0.2, 0.25) is 0 Å². The molecule has 1 aromatic heterocycles. The minimum Gasteiger partial charge on any atom is -0.381 e. The van der Waals surface area contributed by atoms with Gasteiger partial charge in [0.25, 0.3) is 0 Å². The molecule has 0 unspecified atom stereocenters. The molecule has 5 rings (SSSR count). The van der Waals surface area contributed by atoms with Gasteiger partial charge in [-0.2, -0.15) is 0 Å². The van der Waals surface area contributed by atoms with E-state index in [0.717, 1.165) is 26.6 Å². The van der Waals surface area contributed by atoms with Crippen molar-refractivity contribution in [1.29, 1.82) is 5.41 Å². The number of sulfone groups is 1. The van der Waals surface area contributed by atoms with Gasteiger partial charge in [0.05, 0.1) is 11.3 Å². The highest BCUT2D eigenvalue weighted by Crippen LogP contribution is 2.42. The van der Waals surface area contributed by atoms with Crippen LogP contribution in [0.5, 0.6) is 0 Å². The largest absolute Gasteiger partial charge is 0.381 e. The lowest BCUT2D eigenvalue weighted by Gasteiger charge is -2.47. The molecule has 0 bridgehead atoms. The van der Waals surface area contributed by atoms with Gasteiger partial charge in [-0.15, -0.1) is 17.3 Å². The van der Waals surface area contributed by atoms with Gasteiger partial charge in [-0.25, -0.2) is 8.42 Å². The molecule has 1 atom stereocenters. The van der Waals surface area contributed by atoms with Gasteiger partial charge in [-0.05, 0) is 62.6 Å². The molecule has 0 radical (unpaired) electrons. The van der Waals surface area contributed by atoms with Crippen LogP contribution >= 0.6 is 11.3 Å². The lowest BCUT2D eigenvalue weighted by atomic mass is 9.89. The van der Waals surface area contributed by atoms with Gasteiger partial charge >= 0.3 is 0 Å². The van der Waals surface area contributed by atoms with Gasteiger partial charge in [0.15, 0.2) is 9.84 Å². The minimum absolute atomic E-state index is 0.0392. The van der Waals surface area contributed by atoms with E-state index in [2.05, 4.69) is 41.4 Å². The van der Waals surface area contributed by atoms with Gasteiger partial charge in [0, 0.05) is 38.9 Å². The van der Waals surface area contributed by atoms with Crippen molar-refractivity contribution in [3.8, 4) is 11.8 Å². The Morgan fingerprint density at radius 3 is 2.45 bits per heavy atom. The first-order valence-electron chi connectivity index (χ1n) is 10.3. The maximum Gasteiger partial charge on any atom is 0.166 e. The molecular weight excluding hydrogens is 428 g/mol. The number of nitrogens with one attached hydrogen (secondary N) is 2. The van der Waals surface area contributed by atoms with Crippen LogP contribution in [0.25, 0.3) is 20.2 Å². The highest BCUT2D eigenvalue weighted by molar-refractivity contribution is 7.93. The average molecular weight is 453 g/mol. The highest BCUT2D eigenvalue weighted by Gasteiger charge is 2.56. The first-order chi connectivity index (χ1) is 14.8. The predicted octanol–water partition coefficient (Wildman–Crippen LogP) is 4.19. The zero-order valence-electron chi connectivity index (χ0n) is 17.5. The Bertz CT molecular complexity index is 1390. The normalized spacial score (nSPS) is 24.6. The molecule has 5 nitrogen and oxygen atoms in total. The van der Waals surface area contributed by atoms with Gasteiger partial charge in [0.2, 0.25) is 0 Å². The Kier molecular flexibility index (Phi) is 4.67. The Morgan fingerprint density at radius 1 is 1.10 bits per heavy atom. The number of amidine groups is 1. The van der Waals surface area contributed by atoms with E-state index in [4.69, 9.17) is 10.1 Å². The van der Waals surface area contributed by atoms with Crippen molar-refractivity contribution >= 4 is 47.2 Å². The summed E-state index contributed by atoms with van der Waals surface area (Å²) >= 11 is 1.72. The van der Waals surface area contributed by atoms with Crippen LogP contribution in [-0.4, -0.2) is 38.0 Å². The summed E-state index contributed by atoms with van der Waals surface area (Å²) in [5, 5.41) is 14.2. The van der Waals surface area contributed by atoms with Crippen molar-refractivity contribution in [1.82, 2.24) is 5.32 Å². The van der Waals surface area contributed by atoms with Crippen LogP contribution in [0, 0.1) is 17.3 Å². The van der Waals surface area contributed by atoms with E-state index in [1.54, 1.807) is 11.3 Å². The molecule has 3 heterocycles. The summed E-state index contributed by atoms with van der Waals surface area (Å²) in [6.07, 6.45) is 0.680. The molecule has 2 saturated heterocycles. The number of hydrogen-bond donors (Lipinski definition) is 2. The maximum absolute atomic E-state index is 13.5. The fourth-order valence-corrected chi connectivity index (χ4v) is 8.35. The Labute approximate surface area is 186 Å². The van der Waals surface area contributed by atoms with Crippen molar-refractivity contribution < 1.29 is 13.2 Å². The van der Waals surface area contributed by atoms with Crippen LogP contribution in [0.3, 0.4) is 0 Å². The standard InChI is InChI=1S/C24H24N2O3S2/c1-3-4-16-5-7-20-18(13-16)19-14-17(6-8-21(19)30-20)23(2)15-31(27,28)24(22(25)26-23)9-11-29-12-10-24/h5-8,13-14H,9-12,15H2,1-2H3,(H2,25,26)/t23-/m0/s1. The molecule has 2 aliphatic heterocycles. The van der Waals surface area contributed by atoms with E-state index in [9.17, 15) is 8.42 Å². The van der Waals surface area contributed by atoms with Crippen molar-refractivity contribution in [2.24, 2.45) is 0 Å². The fourth-order valence-electron chi connectivity index (χ4n) is 4.86. The van der Waals surface area contributed by atoms with E-state index in [0.29, 0.717) is 26.1 Å². The molecule has 7 heteroatoms. The Hall–Kier alpha value is -2.40. The zero-order valence-corrected chi connectivity index (χ0v) is 19.2. The van der Waals surface area contributed by atoms with E-state index >= 15 is 0 Å². The maximum atomic E-state index is 13.5. The van der Waals surface area contributed by atoms with Crippen molar-refractivity contribution in [2.75, 3.05) is 19.0 Å². The summed E-state index contributed by atoms with van der Waals surface area (Å²) in [5.74, 6) is 6.12. The monoisotopic (exact) mass is 452 g/mol. The molecule has 3 aromatic rings. The summed E-state index contributed by atoms with van der Waals surface area (Å²) in [7, 11) is -3.53. The molecule has 31 heavy (non-hydrogen) atoms. The smallest absolute Gasteiger partial charge is 0.166 e. The van der Waals surface area contributed by atoms with Crippen LogP contribution in [0.15, 0.2) is 36.4 Å². The molecule has 2 N–H and O–H groups in total. The number of thiophene rings is 1. The number of ether oxygens (including phenoxy) is 1.